The van der Waals surface area contributed by atoms with Crippen LogP contribution >= 0.6 is 0 Å². The van der Waals surface area contributed by atoms with Crippen molar-refractivity contribution >= 4 is 17.4 Å². The molecule has 5 nitrogen and oxygen atoms in total. The number of aromatic nitrogens is 1. The third-order valence-corrected chi connectivity index (χ3v) is 5.11. The lowest BCUT2D eigenvalue weighted by atomic mass is 10.2. The van der Waals surface area contributed by atoms with Crippen LogP contribution in [0.5, 0.6) is 5.75 Å². The Morgan fingerprint density at radius 1 is 1.00 bits per heavy atom. The zero-order chi connectivity index (χ0) is 20.1. The van der Waals surface area contributed by atoms with Crippen LogP contribution in [0.25, 0.3) is 0 Å². The fraction of sp³-hybridized carbons (Fsp3) is 0.250. The monoisotopic (exact) mass is 387 g/mol. The lowest BCUT2D eigenvalue weighted by Gasteiger charge is -2.18. The van der Waals surface area contributed by atoms with E-state index in [0.717, 1.165) is 41.6 Å². The molecule has 2 heterocycles. The number of pyridine rings is 1. The molecule has 1 aromatic heterocycles. The predicted octanol–water partition coefficient (Wildman–Crippen LogP) is 4.82. The minimum Gasteiger partial charge on any atom is -0.489 e. The van der Waals surface area contributed by atoms with Crippen LogP contribution in [0, 0.1) is 6.92 Å². The van der Waals surface area contributed by atoms with Crippen molar-refractivity contribution in [2.45, 2.75) is 26.4 Å². The number of nitrogens with one attached hydrogen (secondary N) is 1. The van der Waals surface area contributed by atoms with Gasteiger partial charge in [0.25, 0.3) is 5.91 Å². The number of benzene rings is 2. The maximum absolute atomic E-state index is 12.6. The Bertz CT molecular complexity index is 965. The average molecular weight is 387 g/mol. The van der Waals surface area contributed by atoms with E-state index in [1.807, 2.05) is 61.5 Å². The second-order valence-corrected chi connectivity index (χ2v) is 7.25. The molecule has 2 aromatic carbocycles. The molecule has 0 saturated carbocycles. The minimum atomic E-state index is -0.154. The molecule has 0 aliphatic carbocycles. The Hall–Kier alpha value is -3.34. The van der Waals surface area contributed by atoms with Crippen molar-refractivity contribution < 1.29 is 9.53 Å². The Labute approximate surface area is 171 Å². The lowest BCUT2D eigenvalue weighted by molar-refractivity contribution is 0.102. The molecular weight excluding hydrogens is 362 g/mol. The summed E-state index contributed by atoms with van der Waals surface area (Å²) in [6.07, 6.45) is 2.43. The summed E-state index contributed by atoms with van der Waals surface area (Å²) in [5.41, 5.74) is 3.25. The average Bonchev–Trinajstić information content (AvgIpc) is 3.30. The summed E-state index contributed by atoms with van der Waals surface area (Å²) in [7, 11) is 0. The molecule has 1 amide bonds. The number of hydrogen-bond donors (Lipinski definition) is 1. The van der Waals surface area contributed by atoms with Crippen LogP contribution < -0.4 is 15.0 Å². The van der Waals surface area contributed by atoms with Crippen molar-refractivity contribution in [3.8, 4) is 5.75 Å². The van der Waals surface area contributed by atoms with E-state index < -0.39 is 0 Å². The molecule has 1 aliphatic rings. The van der Waals surface area contributed by atoms with E-state index in [9.17, 15) is 4.79 Å². The molecule has 4 rings (SSSR count). The van der Waals surface area contributed by atoms with Crippen molar-refractivity contribution in [3.05, 3.63) is 83.6 Å². The van der Waals surface area contributed by atoms with Gasteiger partial charge in [-0.15, -0.1) is 0 Å². The van der Waals surface area contributed by atoms with Gasteiger partial charge in [-0.05, 0) is 61.7 Å². The SMILES string of the molecule is Cc1nc(N2CCCC2)ccc1NC(=O)c1ccc(OCc2ccccc2)cc1. The molecule has 0 spiro atoms. The fourth-order valence-electron chi connectivity index (χ4n) is 3.44. The van der Waals surface area contributed by atoms with Gasteiger partial charge in [-0.25, -0.2) is 4.98 Å². The van der Waals surface area contributed by atoms with Crippen molar-refractivity contribution in [1.82, 2.24) is 4.98 Å². The van der Waals surface area contributed by atoms with Crippen molar-refractivity contribution in [3.63, 3.8) is 0 Å². The van der Waals surface area contributed by atoms with Gasteiger partial charge in [0.05, 0.1) is 11.4 Å². The summed E-state index contributed by atoms with van der Waals surface area (Å²) in [4.78, 5) is 19.6. The number of hydrogen-bond acceptors (Lipinski definition) is 4. The highest BCUT2D eigenvalue weighted by atomic mass is 16.5. The molecule has 3 aromatic rings. The summed E-state index contributed by atoms with van der Waals surface area (Å²) in [5, 5.41) is 2.96. The molecule has 29 heavy (non-hydrogen) atoms. The first-order chi connectivity index (χ1) is 14.2. The molecular formula is C24H25N3O2. The predicted molar refractivity (Wildman–Crippen MR) is 116 cm³/mol. The van der Waals surface area contributed by atoms with E-state index in [1.165, 1.54) is 12.8 Å². The molecule has 1 aliphatic heterocycles. The van der Waals surface area contributed by atoms with Gasteiger partial charge in [-0.2, -0.15) is 0 Å². The number of carbonyl (C=O) groups excluding carboxylic acids is 1. The van der Waals surface area contributed by atoms with Crippen LogP contribution in [0.4, 0.5) is 11.5 Å². The number of carbonyl (C=O) groups is 1. The molecule has 0 atom stereocenters. The van der Waals surface area contributed by atoms with E-state index >= 15 is 0 Å². The highest BCUT2D eigenvalue weighted by molar-refractivity contribution is 6.04. The van der Waals surface area contributed by atoms with E-state index in [-0.39, 0.29) is 5.91 Å². The largest absolute Gasteiger partial charge is 0.489 e. The van der Waals surface area contributed by atoms with Crippen LogP contribution in [0.2, 0.25) is 0 Å². The Kier molecular flexibility index (Phi) is 5.75. The van der Waals surface area contributed by atoms with E-state index in [1.54, 1.807) is 12.1 Å². The maximum Gasteiger partial charge on any atom is 0.255 e. The summed E-state index contributed by atoms with van der Waals surface area (Å²) < 4.78 is 5.78. The number of rotatable bonds is 6. The Morgan fingerprint density at radius 2 is 1.72 bits per heavy atom. The second-order valence-electron chi connectivity index (χ2n) is 7.25. The van der Waals surface area contributed by atoms with Crippen LogP contribution in [-0.2, 0) is 6.61 Å². The Balaban J connectivity index is 1.37. The van der Waals surface area contributed by atoms with Gasteiger partial charge in [-0.3, -0.25) is 4.79 Å². The van der Waals surface area contributed by atoms with Gasteiger partial charge in [-0.1, -0.05) is 30.3 Å². The summed E-state index contributed by atoms with van der Waals surface area (Å²) in [5.74, 6) is 1.56. The molecule has 0 bridgehead atoms. The minimum absolute atomic E-state index is 0.154. The topological polar surface area (TPSA) is 54.5 Å². The maximum atomic E-state index is 12.6. The number of nitrogens with zero attached hydrogens (tertiary/aromatic N) is 2. The molecule has 1 saturated heterocycles. The fourth-order valence-corrected chi connectivity index (χ4v) is 3.44. The van der Waals surface area contributed by atoms with Gasteiger partial charge in [0.2, 0.25) is 0 Å². The molecule has 1 fully saturated rings. The zero-order valence-electron chi connectivity index (χ0n) is 16.6. The van der Waals surface area contributed by atoms with Crippen LogP contribution in [0.15, 0.2) is 66.7 Å². The molecule has 0 radical (unpaired) electrons. The van der Waals surface area contributed by atoms with Gasteiger partial charge in [0, 0.05) is 18.7 Å². The number of anilines is 2. The third-order valence-electron chi connectivity index (χ3n) is 5.11. The summed E-state index contributed by atoms with van der Waals surface area (Å²) >= 11 is 0. The first-order valence-corrected chi connectivity index (χ1v) is 10.00. The highest BCUT2D eigenvalue weighted by Gasteiger charge is 2.15. The van der Waals surface area contributed by atoms with Gasteiger partial charge >= 0.3 is 0 Å². The van der Waals surface area contributed by atoms with Crippen molar-refractivity contribution in [2.75, 3.05) is 23.3 Å². The third kappa shape index (κ3) is 4.74. The number of aryl methyl sites for hydroxylation is 1. The molecule has 0 unspecified atom stereocenters. The van der Waals surface area contributed by atoms with Crippen LogP contribution in [0.1, 0.15) is 34.5 Å². The van der Waals surface area contributed by atoms with E-state index in [0.29, 0.717) is 12.2 Å². The van der Waals surface area contributed by atoms with Gasteiger partial charge in [0.15, 0.2) is 0 Å². The van der Waals surface area contributed by atoms with Crippen LogP contribution in [0.3, 0.4) is 0 Å². The first kappa shape index (κ1) is 19.0. The highest BCUT2D eigenvalue weighted by Crippen LogP contribution is 2.23. The standard InChI is InChI=1S/C24H25N3O2/c1-18-22(13-14-23(25-18)27-15-5-6-16-27)26-24(28)20-9-11-21(12-10-20)29-17-19-7-3-2-4-8-19/h2-4,7-14H,5-6,15-17H2,1H3,(H,26,28). The molecule has 1 N–H and O–H groups in total. The Morgan fingerprint density at radius 3 is 2.41 bits per heavy atom. The smallest absolute Gasteiger partial charge is 0.255 e. The zero-order valence-corrected chi connectivity index (χ0v) is 16.6. The van der Waals surface area contributed by atoms with Crippen molar-refractivity contribution in [2.24, 2.45) is 0 Å². The number of amides is 1. The van der Waals surface area contributed by atoms with Crippen LogP contribution in [-0.4, -0.2) is 24.0 Å². The molecule has 5 heteroatoms. The van der Waals surface area contributed by atoms with Crippen molar-refractivity contribution in [1.29, 1.82) is 0 Å². The molecule has 148 valence electrons. The first-order valence-electron chi connectivity index (χ1n) is 10.00. The quantitative estimate of drug-likeness (QED) is 0.659. The summed E-state index contributed by atoms with van der Waals surface area (Å²) in [6.45, 7) is 4.53. The van der Waals surface area contributed by atoms with E-state index in [4.69, 9.17) is 4.74 Å². The van der Waals surface area contributed by atoms with E-state index in [2.05, 4.69) is 15.2 Å². The van der Waals surface area contributed by atoms with Gasteiger partial charge in [0.1, 0.15) is 18.2 Å². The normalized spacial score (nSPS) is 13.3. The summed E-state index contributed by atoms with van der Waals surface area (Å²) in [6, 6.07) is 21.1. The van der Waals surface area contributed by atoms with Gasteiger partial charge < -0.3 is 15.0 Å². The number of ether oxygens (including phenoxy) is 1. The second kappa shape index (κ2) is 8.78. The lowest BCUT2D eigenvalue weighted by Crippen LogP contribution is -2.20.